The van der Waals surface area contributed by atoms with Gasteiger partial charge in [-0.25, -0.2) is 9.18 Å². The van der Waals surface area contributed by atoms with Gasteiger partial charge in [-0.1, -0.05) is 19.8 Å². The maximum atomic E-state index is 13.3. The van der Waals surface area contributed by atoms with Gasteiger partial charge in [0.2, 0.25) is 0 Å². The molecule has 0 spiro atoms. The van der Waals surface area contributed by atoms with Gasteiger partial charge in [0.1, 0.15) is 5.82 Å². The summed E-state index contributed by atoms with van der Waals surface area (Å²) in [6.45, 7) is 3.93. The Bertz CT molecular complexity index is 474. The molecule has 20 heavy (non-hydrogen) atoms. The zero-order chi connectivity index (χ0) is 15.0. The van der Waals surface area contributed by atoms with Gasteiger partial charge in [0.15, 0.2) is 5.78 Å². The van der Waals surface area contributed by atoms with E-state index in [2.05, 4.69) is 12.2 Å². The van der Waals surface area contributed by atoms with Crippen LogP contribution in [-0.2, 0) is 4.74 Å². The van der Waals surface area contributed by atoms with Crippen LogP contribution in [0.1, 0.15) is 49.9 Å². The van der Waals surface area contributed by atoms with Crippen molar-refractivity contribution in [1.82, 2.24) is 0 Å². The lowest BCUT2D eigenvalue weighted by Gasteiger charge is -2.10. The topological polar surface area (TPSA) is 55.4 Å². The Hall–Kier alpha value is -1.91. The molecule has 110 valence electrons. The third-order valence-electron chi connectivity index (χ3n) is 2.80. The Morgan fingerprint density at radius 3 is 2.65 bits per heavy atom. The molecule has 1 N–H and O–H groups in total. The molecular formula is C15H20FNO3. The fourth-order valence-corrected chi connectivity index (χ4v) is 1.81. The highest BCUT2D eigenvalue weighted by atomic mass is 19.1. The molecule has 1 amide bonds. The standard InChI is InChI=1S/C15H20FNO3/c1-3-5-6-7-14(18)12-9-8-11(16)10-13(12)17-15(19)20-4-2/h8-10H,3-7H2,1-2H3,(H,17,19). The van der Waals surface area contributed by atoms with E-state index in [1.54, 1.807) is 6.92 Å². The van der Waals surface area contributed by atoms with E-state index in [0.29, 0.717) is 12.0 Å². The van der Waals surface area contributed by atoms with E-state index in [1.165, 1.54) is 12.1 Å². The van der Waals surface area contributed by atoms with Crippen molar-refractivity contribution >= 4 is 17.6 Å². The minimum Gasteiger partial charge on any atom is -0.450 e. The van der Waals surface area contributed by atoms with Gasteiger partial charge < -0.3 is 4.74 Å². The Morgan fingerprint density at radius 2 is 2.00 bits per heavy atom. The van der Waals surface area contributed by atoms with E-state index in [4.69, 9.17) is 4.74 Å². The Balaban J connectivity index is 2.83. The number of hydrogen-bond acceptors (Lipinski definition) is 3. The highest BCUT2D eigenvalue weighted by Gasteiger charge is 2.14. The molecular weight excluding hydrogens is 261 g/mol. The van der Waals surface area contributed by atoms with Gasteiger partial charge in [0.25, 0.3) is 0 Å². The van der Waals surface area contributed by atoms with Crippen LogP contribution >= 0.6 is 0 Å². The van der Waals surface area contributed by atoms with Crippen LogP contribution in [0.5, 0.6) is 0 Å². The minimum absolute atomic E-state index is 0.106. The molecule has 0 bridgehead atoms. The van der Waals surface area contributed by atoms with Crippen molar-refractivity contribution in [3.05, 3.63) is 29.6 Å². The van der Waals surface area contributed by atoms with E-state index in [9.17, 15) is 14.0 Å². The summed E-state index contributed by atoms with van der Waals surface area (Å²) in [7, 11) is 0. The smallest absolute Gasteiger partial charge is 0.411 e. The van der Waals surface area contributed by atoms with Crippen LogP contribution in [-0.4, -0.2) is 18.5 Å². The number of carbonyl (C=O) groups is 2. The third kappa shape index (κ3) is 4.99. The molecule has 1 rings (SSSR count). The first-order chi connectivity index (χ1) is 9.58. The molecule has 0 aliphatic heterocycles. The lowest BCUT2D eigenvalue weighted by Crippen LogP contribution is -2.16. The van der Waals surface area contributed by atoms with Crippen molar-refractivity contribution in [2.45, 2.75) is 39.5 Å². The highest BCUT2D eigenvalue weighted by molar-refractivity contribution is 6.03. The number of nitrogens with one attached hydrogen (secondary N) is 1. The van der Waals surface area contributed by atoms with Gasteiger partial charge >= 0.3 is 6.09 Å². The maximum Gasteiger partial charge on any atom is 0.411 e. The summed E-state index contributed by atoms with van der Waals surface area (Å²) in [5.74, 6) is -0.618. The van der Waals surface area contributed by atoms with Crippen LogP contribution in [0.25, 0.3) is 0 Å². The third-order valence-corrected chi connectivity index (χ3v) is 2.80. The van der Waals surface area contributed by atoms with Crippen LogP contribution in [0, 0.1) is 5.82 Å². The number of amides is 1. The van der Waals surface area contributed by atoms with E-state index in [-0.39, 0.29) is 18.1 Å². The Labute approximate surface area is 118 Å². The number of hydrogen-bond donors (Lipinski definition) is 1. The normalized spacial score (nSPS) is 10.2. The van der Waals surface area contributed by atoms with Gasteiger partial charge in [-0.15, -0.1) is 0 Å². The fourth-order valence-electron chi connectivity index (χ4n) is 1.81. The molecule has 0 unspecified atom stereocenters. The average molecular weight is 281 g/mol. The summed E-state index contributed by atoms with van der Waals surface area (Å²) in [6, 6.07) is 3.73. The lowest BCUT2D eigenvalue weighted by atomic mass is 10.0. The van der Waals surface area contributed by atoms with E-state index >= 15 is 0 Å². The van der Waals surface area contributed by atoms with Crippen molar-refractivity contribution in [2.24, 2.45) is 0 Å². The van der Waals surface area contributed by atoms with Crippen LogP contribution < -0.4 is 5.32 Å². The number of anilines is 1. The number of ketones is 1. The van der Waals surface area contributed by atoms with Gasteiger partial charge in [-0.3, -0.25) is 10.1 Å². The summed E-state index contributed by atoms with van der Waals surface area (Å²) in [5, 5.41) is 2.40. The Morgan fingerprint density at radius 1 is 1.25 bits per heavy atom. The second-order valence-corrected chi connectivity index (χ2v) is 4.42. The van der Waals surface area contributed by atoms with Crippen molar-refractivity contribution in [2.75, 3.05) is 11.9 Å². The van der Waals surface area contributed by atoms with E-state index in [1.807, 2.05) is 0 Å². The molecule has 0 heterocycles. The predicted molar refractivity (Wildman–Crippen MR) is 75.5 cm³/mol. The van der Waals surface area contributed by atoms with E-state index in [0.717, 1.165) is 25.3 Å². The van der Waals surface area contributed by atoms with Gasteiger partial charge in [-0.2, -0.15) is 0 Å². The van der Waals surface area contributed by atoms with Crippen molar-refractivity contribution in [3.63, 3.8) is 0 Å². The number of benzene rings is 1. The van der Waals surface area contributed by atoms with E-state index < -0.39 is 11.9 Å². The van der Waals surface area contributed by atoms with Crippen LogP contribution in [0.2, 0.25) is 0 Å². The second-order valence-electron chi connectivity index (χ2n) is 4.42. The average Bonchev–Trinajstić information content (AvgIpc) is 2.39. The lowest BCUT2D eigenvalue weighted by molar-refractivity contribution is 0.0980. The fraction of sp³-hybridized carbons (Fsp3) is 0.467. The summed E-state index contributed by atoms with van der Waals surface area (Å²) < 4.78 is 18.0. The molecule has 0 saturated carbocycles. The monoisotopic (exact) mass is 281 g/mol. The van der Waals surface area contributed by atoms with Gasteiger partial charge in [0, 0.05) is 12.0 Å². The first kappa shape index (κ1) is 16.1. The van der Waals surface area contributed by atoms with Crippen LogP contribution in [0.4, 0.5) is 14.9 Å². The zero-order valence-electron chi connectivity index (χ0n) is 11.9. The minimum atomic E-state index is -0.694. The molecule has 1 aromatic rings. The number of carbonyl (C=O) groups excluding carboxylic acids is 2. The van der Waals surface area contributed by atoms with Gasteiger partial charge in [0.05, 0.1) is 12.3 Å². The molecule has 0 fully saturated rings. The van der Waals surface area contributed by atoms with Crippen molar-refractivity contribution < 1.29 is 18.7 Å². The summed E-state index contributed by atoms with van der Waals surface area (Å²) in [4.78, 5) is 23.5. The Kier molecular flexibility index (Phi) is 6.70. The number of ether oxygens (including phenoxy) is 1. The van der Waals surface area contributed by atoms with Crippen LogP contribution in [0.15, 0.2) is 18.2 Å². The molecule has 0 radical (unpaired) electrons. The zero-order valence-corrected chi connectivity index (χ0v) is 11.9. The largest absolute Gasteiger partial charge is 0.450 e. The molecule has 0 atom stereocenters. The number of rotatable bonds is 7. The molecule has 0 aliphatic rings. The highest BCUT2D eigenvalue weighted by Crippen LogP contribution is 2.20. The van der Waals surface area contributed by atoms with Crippen LogP contribution in [0.3, 0.4) is 0 Å². The molecule has 5 heteroatoms. The SMILES string of the molecule is CCCCCC(=O)c1ccc(F)cc1NC(=O)OCC. The number of unbranched alkanes of at least 4 members (excludes halogenated alkanes) is 2. The summed E-state index contributed by atoms with van der Waals surface area (Å²) >= 11 is 0. The quantitative estimate of drug-likeness (QED) is 0.603. The molecule has 0 aromatic heterocycles. The number of halogens is 1. The second kappa shape index (κ2) is 8.30. The summed E-state index contributed by atoms with van der Waals surface area (Å²) in [5.41, 5.74) is 0.473. The van der Waals surface area contributed by atoms with Crippen molar-refractivity contribution in [1.29, 1.82) is 0 Å². The van der Waals surface area contributed by atoms with Crippen molar-refractivity contribution in [3.8, 4) is 0 Å². The molecule has 0 aliphatic carbocycles. The number of Topliss-reactive ketones (excluding diaryl/α,β-unsaturated/α-hetero) is 1. The first-order valence-electron chi connectivity index (χ1n) is 6.85. The molecule has 4 nitrogen and oxygen atoms in total. The predicted octanol–water partition coefficient (Wildman–Crippen LogP) is 4.16. The maximum absolute atomic E-state index is 13.3. The molecule has 1 aromatic carbocycles. The summed E-state index contributed by atoms with van der Waals surface area (Å²) in [6.07, 6.45) is 2.46. The first-order valence-corrected chi connectivity index (χ1v) is 6.85. The van der Waals surface area contributed by atoms with Gasteiger partial charge in [-0.05, 0) is 31.5 Å². The molecule has 0 saturated heterocycles.